The van der Waals surface area contributed by atoms with Crippen LogP contribution in [0.5, 0.6) is 0 Å². The molecule has 1 heterocycles. The molecule has 0 aromatic heterocycles. The third-order valence-corrected chi connectivity index (χ3v) is 5.94. The molecule has 0 unspecified atom stereocenters. The topological polar surface area (TPSA) is 83.0 Å². The molecular weight excluding hydrogens is 352 g/mol. The van der Waals surface area contributed by atoms with Gasteiger partial charge in [-0.3, -0.25) is 0 Å². The molecule has 1 fully saturated rings. The lowest BCUT2D eigenvalue weighted by Gasteiger charge is -2.26. The van der Waals surface area contributed by atoms with E-state index in [-0.39, 0.29) is 5.75 Å². The summed E-state index contributed by atoms with van der Waals surface area (Å²) in [6.45, 7) is 7.95. The molecule has 0 bridgehead atoms. The maximum absolute atomic E-state index is 12.7. The van der Waals surface area contributed by atoms with E-state index in [1.165, 1.54) is 4.31 Å². The van der Waals surface area contributed by atoms with E-state index in [1.807, 2.05) is 31.2 Å². The second-order valence-electron chi connectivity index (χ2n) is 6.16. The maximum atomic E-state index is 12.7. The van der Waals surface area contributed by atoms with Crippen LogP contribution in [0.15, 0.2) is 29.3 Å². The normalized spacial score (nSPS) is 16.5. The maximum Gasteiger partial charge on any atom is 0.218 e. The number of morpholine rings is 1. The summed E-state index contributed by atoms with van der Waals surface area (Å²) in [6.07, 6.45) is 1.01. The van der Waals surface area contributed by atoms with Gasteiger partial charge in [0.25, 0.3) is 0 Å². The van der Waals surface area contributed by atoms with E-state index in [0.29, 0.717) is 32.8 Å². The third kappa shape index (κ3) is 6.26. The molecule has 2 rings (SSSR count). The van der Waals surface area contributed by atoms with Gasteiger partial charge in [0.15, 0.2) is 5.96 Å². The molecule has 2 N–H and O–H groups in total. The van der Waals surface area contributed by atoms with Crippen LogP contribution in [-0.4, -0.2) is 58.1 Å². The summed E-state index contributed by atoms with van der Waals surface area (Å²) in [4.78, 5) is 4.59. The van der Waals surface area contributed by atoms with Crippen LogP contribution in [0.4, 0.5) is 0 Å². The highest BCUT2D eigenvalue weighted by atomic mass is 32.2. The number of nitrogens with one attached hydrogen (secondary N) is 2. The Morgan fingerprint density at radius 3 is 2.50 bits per heavy atom. The molecule has 1 aliphatic rings. The number of rotatable bonds is 8. The Morgan fingerprint density at radius 2 is 1.85 bits per heavy atom. The van der Waals surface area contributed by atoms with Gasteiger partial charge in [0, 0.05) is 26.2 Å². The zero-order chi connectivity index (χ0) is 18.8. The van der Waals surface area contributed by atoms with Crippen LogP contribution in [-0.2, 0) is 27.1 Å². The van der Waals surface area contributed by atoms with Crippen molar-refractivity contribution in [3.05, 3.63) is 35.4 Å². The number of sulfonamides is 1. The van der Waals surface area contributed by atoms with E-state index in [0.717, 1.165) is 36.6 Å². The molecule has 8 heteroatoms. The first-order valence-electron chi connectivity index (χ1n) is 9.21. The van der Waals surface area contributed by atoms with E-state index in [1.54, 1.807) is 0 Å². The third-order valence-electron chi connectivity index (χ3n) is 4.11. The van der Waals surface area contributed by atoms with Crippen molar-refractivity contribution >= 4 is 16.0 Å². The van der Waals surface area contributed by atoms with Crippen molar-refractivity contribution in [3.63, 3.8) is 0 Å². The smallest absolute Gasteiger partial charge is 0.218 e. The molecule has 1 aliphatic heterocycles. The first kappa shape index (κ1) is 20.7. The van der Waals surface area contributed by atoms with Crippen molar-refractivity contribution in [1.29, 1.82) is 0 Å². The molecule has 0 radical (unpaired) electrons. The van der Waals surface area contributed by atoms with Gasteiger partial charge in [-0.1, -0.05) is 31.2 Å². The van der Waals surface area contributed by atoms with Crippen molar-refractivity contribution in [1.82, 2.24) is 14.9 Å². The number of benzene rings is 1. The highest BCUT2D eigenvalue weighted by Gasteiger charge is 2.25. The van der Waals surface area contributed by atoms with Crippen LogP contribution in [0, 0.1) is 0 Å². The van der Waals surface area contributed by atoms with Crippen molar-refractivity contribution in [2.45, 2.75) is 32.6 Å². The highest BCUT2D eigenvalue weighted by molar-refractivity contribution is 7.88. The van der Waals surface area contributed by atoms with Gasteiger partial charge < -0.3 is 15.4 Å². The second kappa shape index (κ2) is 10.5. The zero-order valence-corrected chi connectivity index (χ0v) is 16.5. The SMILES string of the molecule is CCCNC(=NCc1ccccc1CS(=O)(=O)N1CCOCC1)NCC. The molecule has 1 saturated heterocycles. The summed E-state index contributed by atoms with van der Waals surface area (Å²) in [5.74, 6) is 0.748. The lowest BCUT2D eigenvalue weighted by molar-refractivity contribution is 0.0729. The fourth-order valence-corrected chi connectivity index (χ4v) is 4.28. The molecule has 146 valence electrons. The Morgan fingerprint density at radius 1 is 1.15 bits per heavy atom. The average molecular weight is 383 g/mol. The Kier molecular flexibility index (Phi) is 8.34. The second-order valence-corrected chi connectivity index (χ2v) is 8.13. The quantitative estimate of drug-likeness (QED) is 0.523. The van der Waals surface area contributed by atoms with E-state index in [2.05, 4.69) is 22.5 Å². The predicted molar refractivity (Wildman–Crippen MR) is 105 cm³/mol. The number of guanidine groups is 1. The Balaban J connectivity index is 2.11. The molecule has 0 spiro atoms. The minimum atomic E-state index is -3.35. The molecule has 1 aromatic carbocycles. The first-order chi connectivity index (χ1) is 12.6. The first-order valence-corrected chi connectivity index (χ1v) is 10.8. The number of aliphatic imine (C=N–C) groups is 1. The Bertz CT molecular complexity index is 685. The lowest BCUT2D eigenvalue weighted by atomic mass is 10.1. The van der Waals surface area contributed by atoms with Crippen molar-refractivity contribution in [2.24, 2.45) is 4.99 Å². The van der Waals surface area contributed by atoms with Gasteiger partial charge in [0.1, 0.15) is 0 Å². The molecule has 0 saturated carbocycles. The minimum Gasteiger partial charge on any atom is -0.379 e. The van der Waals surface area contributed by atoms with Gasteiger partial charge in [0.05, 0.1) is 25.5 Å². The summed E-state index contributed by atoms with van der Waals surface area (Å²) in [5, 5.41) is 6.46. The zero-order valence-electron chi connectivity index (χ0n) is 15.7. The fourth-order valence-electron chi connectivity index (χ4n) is 2.71. The average Bonchev–Trinajstić information content (AvgIpc) is 2.65. The number of nitrogens with zero attached hydrogens (tertiary/aromatic N) is 2. The van der Waals surface area contributed by atoms with Crippen LogP contribution in [0.2, 0.25) is 0 Å². The molecule has 7 nitrogen and oxygen atoms in total. The van der Waals surface area contributed by atoms with E-state index in [9.17, 15) is 8.42 Å². The van der Waals surface area contributed by atoms with Crippen LogP contribution in [0.3, 0.4) is 0 Å². The Hall–Kier alpha value is -1.64. The number of ether oxygens (including phenoxy) is 1. The van der Waals surface area contributed by atoms with E-state index >= 15 is 0 Å². The highest BCUT2D eigenvalue weighted by Crippen LogP contribution is 2.17. The minimum absolute atomic E-state index is 0.00236. The summed E-state index contributed by atoms with van der Waals surface area (Å²) in [7, 11) is -3.35. The standard InChI is InChI=1S/C18H30N4O3S/c1-3-9-20-18(19-4-2)21-14-16-7-5-6-8-17(16)15-26(23,24)22-10-12-25-13-11-22/h5-8H,3-4,9-15H2,1-2H3,(H2,19,20,21). The summed E-state index contributed by atoms with van der Waals surface area (Å²) >= 11 is 0. The number of hydrogen-bond donors (Lipinski definition) is 2. The van der Waals surface area contributed by atoms with Gasteiger partial charge in [-0.2, -0.15) is 4.31 Å². The van der Waals surface area contributed by atoms with Gasteiger partial charge >= 0.3 is 0 Å². The van der Waals surface area contributed by atoms with Crippen molar-refractivity contribution in [2.75, 3.05) is 39.4 Å². The van der Waals surface area contributed by atoms with Crippen LogP contribution < -0.4 is 10.6 Å². The van der Waals surface area contributed by atoms with Gasteiger partial charge in [-0.05, 0) is 24.5 Å². The lowest BCUT2D eigenvalue weighted by Crippen LogP contribution is -2.41. The van der Waals surface area contributed by atoms with Crippen LogP contribution in [0.25, 0.3) is 0 Å². The van der Waals surface area contributed by atoms with Crippen LogP contribution in [0.1, 0.15) is 31.4 Å². The molecule has 0 amide bonds. The summed E-state index contributed by atoms with van der Waals surface area (Å²) in [5.41, 5.74) is 1.73. The predicted octanol–water partition coefficient (Wildman–Crippen LogP) is 1.31. The molecule has 0 atom stereocenters. The molecule has 1 aromatic rings. The van der Waals surface area contributed by atoms with Crippen molar-refractivity contribution in [3.8, 4) is 0 Å². The van der Waals surface area contributed by atoms with Crippen molar-refractivity contribution < 1.29 is 13.2 Å². The van der Waals surface area contributed by atoms with Crippen LogP contribution >= 0.6 is 0 Å². The monoisotopic (exact) mass is 382 g/mol. The van der Waals surface area contributed by atoms with Gasteiger partial charge in [0.2, 0.25) is 10.0 Å². The van der Waals surface area contributed by atoms with Gasteiger partial charge in [-0.25, -0.2) is 13.4 Å². The molecular formula is C18H30N4O3S. The number of hydrogen-bond acceptors (Lipinski definition) is 4. The fraction of sp³-hybridized carbons (Fsp3) is 0.611. The summed E-state index contributed by atoms with van der Waals surface area (Å²) in [6, 6.07) is 7.60. The molecule has 0 aliphatic carbocycles. The largest absolute Gasteiger partial charge is 0.379 e. The van der Waals surface area contributed by atoms with E-state index < -0.39 is 10.0 Å². The van der Waals surface area contributed by atoms with Gasteiger partial charge in [-0.15, -0.1) is 0 Å². The summed E-state index contributed by atoms with van der Waals surface area (Å²) < 4.78 is 32.2. The Labute approximate surface area is 156 Å². The molecule has 26 heavy (non-hydrogen) atoms. The van der Waals surface area contributed by atoms with E-state index in [4.69, 9.17) is 4.74 Å².